The quantitative estimate of drug-likeness (QED) is 0.422. The standard InChI is InChI=1S/C27H37N5O4/c33-23(34)17-27(21-9-5-2-6-10-21)12-15-32(16-13-27)25(35)24(20-7-3-1-4-8-20)31-26(36)29-14-11-22-18-28-19-30-22/h1,3-4,7-8,18-19,21,24H,2,5-6,9-17H2,(H,28,30)(H,33,34)(H2,29,31,36). The van der Waals surface area contributed by atoms with Crippen LogP contribution in [0.4, 0.5) is 4.79 Å². The Morgan fingerprint density at radius 3 is 2.47 bits per heavy atom. The molecular weight excluding hydrogens is 458 g/mol. The van der Waals surface area contributed by atoms with Gasteiger partial charge < -0.3 is 25.6 Å². The highest BCUT2D eigenvalue weighted by Crippen LogP contribution is 2.48. The van der Waals surface area contributed by atoms with Crippen LogP contribution < -0.4 is 10.6 Å². The number of amides is 3. The first-order valence-corrected chi connectivity index (χ1v) is 13.0. The molecular formula is C27H37N5O4. The molecule has 1 aromatic heterocycles. The highest BCUT2D eigenvalue weighted by Gasteiger charge is 2.44. The maximum atomic E-state index is 13.7. The average Bonchev–Trinajstić information content (AvgIpc) is 3.42. The zero-order valence-electron chi connectivity index (χ0n) is 20.7. The molecule has 0 spiro atoms. The number of hydrogen-bond acceptors (Lipinski definition) is 4. The Morgan fingerprint density at radius 2 is 1.83 bits per heavy atom. The third-order valence-corrected chi connectivity index (χ3v) is 7.92. The molecule has 1 saturated carbocycles. The van der Waals surface area contributed by atoms with Gasteiger partial charge in [-0.05, 0) is 42.6 Å². The predicted molar refractivity (Wildman–Crippen MR) is 135 cm³/mol. The molecule has 4 rings (SSSR count). The Kier molecular flexibility index (Phi) is 8.61. The van der Waals surface area contributed by atoms with E-state index in [1.165, 1.54) is 6.42 Å². The summed E-state index contributed by atoms with van der Waals surface area (Å²) >= 11 is 0. The van der Waals surface area contributed by atoms with Gasteiger partial charge in [-0.2, -0.15) is 0 Å². The first kappa shape index (κ1) is 25.7. The van der Waals surface area contributed by atoms with Crippen LogP contribution in [0.3, 0.4) is 0 Å². The van der Waals surface area contributed by atoms with Crippen molar-refractivity contribution in [2.45, 2.75) is 63.8 Å². The molecule has 9 nitrogen and oxygen atoms in total. The van der Waals surface area contributed by atoms with Crippen LogP contribution in [-0.2, 0) is 16.0 Å². The summed E-state index contributed by atoms with van der Waals surface area (Å²) in [5, 5.41) is 15.3. The van der Waals surface area contributed by atoms with Crippen LogP contribution in [0.25, 0.3) is 0 Å². The molecule has 2 fully saturated rings. The monoisotopic (exact) mass is 495 g/mol. The number of aromatic amines is 1. The summed E-state index contributed by atoms with van der Waals surface area (Å²) in [4.78, 5) is 46.9. The second-order valence-corrected chi connectivity index (χ2v) is 10.1. The normalized spacial score (nSPS) is 18.8. The summed E-state index contributed by atoms with van der Waals surface area (Å²) in [6, 6.07) is 8.04. The van der Waals surface area contributed by atoms with E-state index < -0.39 is 18.0 Å². The number of carbonyl (C=O) groups excluding carboxylic acids is 2. The molecule has 2 aromatic rings. The van der Waals surface area contributed by atoms with Crippen LogP contribution in [0.15, 0.2) is 42.9 Å². The van der Waals surface area contributed by atoms with Crippen LogP contribution >= 0.6 is 0 Å². The smallest absolute Gasteiger partial charge is 0.315 e. The number of rotatable bonds is 9. The van der Waals surface area contributed by atoms with Crippen LogP contribution in [0, 0.1) is 11.3 Å². The number of likely N-dealkylation sites (tertiary alicyclic amines) is 1. The lowest BCUT2D eigenvalue weighted by molar-refractivity contribution is -0.144. The Morgan fingerprint density at radius 1 is 1.11 bits per heavy atom. The molecule has 1 aromatic carbocycles. The Balaban J connectivity index is 1.41. The van der Waals surface area contributed by atoms with Gasteiger partial charge in [0.1, 0.15) is 6.04 Å². The largest absolute Gasteiger partial charge is 0.481 e. The van der Waals surface area contributed by atoms with Gasteiger partial charge in [0.25, 0.3) is 0 Å². The molecule has 9 heteroatoms. The van der Waals surface area contributed by atoms with Crippen molar-refractivity contribution in [2.24, 2.45) is 11.3 Å². The number of benzene rings is 1. The minimum atomic E-state index is -0.807. The number of imidazole rings is 1. The molecule has 3 amide bonds. The summed E-state index contributed by atoms with van der Waals surface area (Å²) < 4.78 is 0. The van der Waals surface area contributed by atoms with Crippen LogP contribution in [0.1, 0.15) is 68.7 Å². The molecule has 2 aliphatic rings. The number of urea groups is 1. The van der Waals surface area contributed by atoms with E-state index in [1.54, 1.807) is 17.4 Å². The number of carboxylic acids is 1. The van der Waals surface area contributed by atoms with E-state index in [9.17, 15) is 19.5 Å². The fourth-order valence-corrected chi connectivity index (χ4v) is 5.95. The summed E-state index contributed by atoms with van der Waals surface area (Å²) in [7, 11) is 0. The van der Waals surface area contributed by atoms with Crippen molar-refractivity contribution in [3.8, 4) is 0 Å². The van der Waals surface area contributed by atoms with Gasteiger partial charge in [0.2, 0.25) is 5.91 Å². The van der Waals surface area contributed by atoms with Crippen molar-refractivity contribution in [1.29, 1.82) is 0 Å². The SMILES string of the molecule is O=C(O)CC1(C2CCCCC2)CCN(C(=O)C(NC(=O)NCCc2c[nH]cn2)c2ccccc2)CC1. The number of hydrogen-bond donors (Lipinski definition) is 4. The van der Waals surface area contributed by atoms with E-state index >= 15 is 0 Å². The van der Waals surface area contributed by atoms with Crippen molar-refractivity contribution < 1.29 is 19.5 Å². The third-order valence-electron chi connectivity index (χ3n) is 7.92. The van der Waals surface area contributed by atoms with Gasteiger partial charge in [-0.3, -0.25) is 9.59 Å². The number of nitrogens with zero attached hydrogens (tertiary/aromatic N) is 2. The highest BCUT2D eigenvalue weighted by molar-refractivity contribution is 5.88. The molecule has 194 valence electrons. The van der Waals surface area contributed by atoms with Crippen molar-refractivity contribution in [3.63, 3.8) is 0 Å². The van der Waals surface area contributed by atoms with Gasteiger partial charge in [-0.15, -0.1) is 0 Å². The number of carbonyl (C=O) groups is 3. The predicted octanol–water partition coefficient (Wildman–Crippen LogP) is 3.66. The summed E-state index contributed by atoms with van der Waals surface area (Å²) in [5.41, 5.74) is 1.32. The van der Waals surface area contributed by atoms with Gasteiger partial charge >= 0.3 is 12.0 Å². The van der Waals surface area contributed by atoms with Crippen LogP contribution in [0.5, 0.6) is 0 Å². The lowest BCUT2D eigenvalue weighted by atomic mass is 9.62. The number of aromatic nitrogens is 2. The fraction of sp³-hybridized carbons (Fsp3) is 0.556. The molecule has 1 aliphatic carbocycles. The fourth-order valence-electron chi connectivity index (χ4n) is 5.95. The number of piperidine rings is 1. The van der Waals surface area contributed by atoms with Gasteiger partial charge in [-0.1, -0.05) is 49.6 Å². The highest BCUT2D eigenvalue weighted by atomic mass is 16.4. The molecule has 36 heavy (non-hydrogen) atoms. The molecule has 0 radical (unpaired) electrons. The molecule has 1 aliphatic heterocycles. The lowest BCUT2D eigenvalue weighted by Gasteiger charge is -2.47. The molecule has 1 saturated heterocycles. The number of nitrogens with one attached hydrogen (secondary N) is 3. The molecule has 2 heterocycles. The van der Waals surface area contributed by atoms with Crippen molar-refractivity contribution >= 4 is 17.9 Å². The van der Waals surface area contributed by atoms with Gasteiger partial charge in [0.15, 0.2) is 0 Å². The second kappa shape index (κ2) is 12.1. The van der Waals surface area contributed by atoms with E-state index in [1.807, 2.05) is 30.3 Å². The Bertz CT molecular complexity index is 996. The minimum absolute atomic E-state index is 0.156. The topological polar surface area (TPSA) is 127 Å². The number of carboxylic acid groups (broad SMARTS) is 1. The maximum absolute atomic E-state index is 13.7. The molecule has 1 atom stereocenters. The minimum Gasteiger partial charge on any atom is -0.481 e. The summed E-state index contributed by atoms with van der Waals surface area (Å²) in [5.74, 6) is -0.505. The van der Waals surface area contributed by atoms with Crippen LogP contribution in [-0.4, -0.2) is 57.5 Å². The summed E-state index contributed by atoms with van der Waals surface area (Å²) in [6.07, 6.45) is 11.2. The van der Waals surface area contributed by atoms with Gasteiger partial charge in [0, 0.05) is 32.3 Å². The number of H-pyrrole nitrogens is 1. The first-order valence-electron chi connectivity index (χ1n) is 13.0. The maximum Gasteiger partial charge on any atom is 0.315 e. The van der Waals surface area contributed by atoms with Crippen LogP contribution in [0.2, 0.25) is 0 Å². The van der Waals surface area contributed by atoms with Crippen molar-refractivity contribution in [1.82, 2.24) is 25.5 Å². The Labute approximate surface area is 212 Å². The second-order valence-electron chi connectivity index (χ2n) is 10.1. The number of aliphatic carboxylic acids is 1. The van der Waals surface area contributed by atoms with E-state index in [2.05, 4.69) is 20.6 Å². The first-order chi connectivity index (χ1) is 17.5. The van der Waals surface area contributed by atoms with E-state index in [0.29, 0.717) is 44.8 Å². The van der Waals surface area contributed by atoms with Gasteiger partial charge in [-0.25, -0.2) is 9.78 Å². The molecule has 1 unspecified atom stereocenters. The summed E-state index contributed by atoms with van der Waals surface area (Å²) in [6.45, 7) is 1.41. The average molecular weight is 496 g/mol. The van der Waals surface area contributed by atoms with E-state index in [4.69, 9.17) is 0 Å². The Hall–Kier alpha value is -3.36. The van der Waals surface area contributed by atoms with Crippen molar-refractivity contribution in [3.05, 3.63) is 54.1 Å². The van der Waals surface area contributed by atoms with Crippen molar-refractivity contribution in [2.75, 3.05) is 19.6 Å². The lowest BCUT2D eigenvalue weighted by Crippen LogP contribution is -2.51. The molecule has 0 bridgehead atoms. The van der Waals surface area contributed by atoms with E-state index in [-0.39, 0.29) is 17.7 Å². The zero-order valence-corrected chi connectivity index (χ0v) is 20.7. The van der Waals surface area contributed by atoms with E-state index in [0.717, 1.165) is 36.9 Å². The zero-order chi connectivity index (χ0) is 25.4. The molecule has 4 N–H and O–H groups in total. The van der Waals surface area contributed by atoms with Gasteiger partial charge in [0.05, 0.1) is 18.4 Å². The third kappa shape index (κ3) is 6.44.